The van der Waals surface area contributed by atoms with Crippen molar-refractivity contribution >= 4 is 92.0 Å². The van der Waals surface area contributed by atoms with Crippen LogP contribution in [0.3, 0.4) is 0 Å². The van der Waals surface area contributed by atoms with Crippen molar-refractivity contribution < 1.29 is 4.42 Å². The maximum absolute atomic E-state index is 6.76. The molecule has 0 amide bonds. The maximum atomic E-state index is 6.76. The minimum Gasteiger partial charge on any atom is -0.435 e. The zero-order valence-electron chi connectivity index (χ0n) is 31.8. The molecule has 2 heterocycles. The fourth-order valence-corrected chi connectivity index (χ4v) is 10.2. The van der Waals surface area contributed by atoms with Crippen LogP contribution in [0.2, 0.25) is 0 Å². The molecule has 0 fully saturated rings. The van der Waals surface area contributed by atoms with Crippen LogP contribution in [0.5, 0.6) is 0 Å². The number of thiophene rings is 1. The summed E-state index contributed by atoms with van der Waals surface area (Å²) in [6.07, 6.45) is 0. The molecule has 0 aliphatic carbocycles. The Hall–Kier alpha value is -7.53. The van der Waals surface area contributed by atoms with Crippen LogP contribution in [0.1, 0.15) is 0 Å². The highest BCUT2D eigenvalue weighted by Gasteiger charge is 2.22. The highest BCUT2D eigenvalue weighted by atomic mass is 32.1. The van der Waals surface area contributed by atoms with Gasteiger partial charge in [-0.15, -0.1) is 11.3 Å². The van der Waals surface area contributed by atoms with Crippen LogP contribution in [-0.2, 0) is 0 Å². The molecule has 0 saturated heterocycles. The van der Waals surface area contributed by atoms with Gasteiger partial charge in [0.25, 0.3) is 0 Å². The zero-order valence-corrected chi connectivity index (χ0v) is 32.7. The Labute approximate surface area is 344 Å². The minimum absolute atomic E-state index is 0.621. The van der Waals surface area contributed by atoms with Gasteiger partial charge >= 0.3 is 0 Å². The van der Waals surface area contributed by atoms with Crippen LogP contribution < -0.4 is 4.90 Å². The lowest BCUT2D eigenvalue weighted by Crippen LogP contribution is -2.11. The molecule has 4 heteroatoms. The van der Waals surface area contributed by atoms with E-state index in [1.165, 1.54) is 42.2 Å². The van der Waals surface area contributed by atoms with Gasteiger partial charge in [0.05, 0.1) is 5.69 Å². The monoisotopic (exact) mass is 770 g/mol. The molecule has 3 nitrogen and oxygen atoms in total. The molecule has 0 radical (unpaired) electrons. The van der Waals surface area contributed by atoms with Crippen molar-refractivity contribution in [1.29, 1.82) is 0 Å². The van der Waals surface area contributed by atoms with Crippen molar-refractivity contribution in [3.05, 3.63) is 206 Å². The van der Waals surface area contributed by atoms with Gasteiger partial charge in [-0.25, -0.2) is 4.98 Å². The van der Waals surface area contributed by atoms with Gasteiger partial charge in [0, 0.05) is 53.3 Å². The van der Waals surface area contributed by atoms with E-state index in [2.05, 4.69) is 193 Å². The lowest BCUT2D eigenvalue weighted by molar-refractivity contribution is 0.623. The first-order valence-electron chi connectivity index (χ1n) is 19.9. The molecule has 59 heavy (non-hydrogen) atoms. The second kappa shape index (κ2) is 13.6. The van der Waals surface area contributed by atoms with E-state index in [-0.39, 0.29) is 0 Å². The van der Waals surface area contributed by atoms with Crippen molar-refractivity contribution in [3.63, 3.8) is 0 Å². The van der Waals surface area contributed by atoms with E-state index in [9.17, 15) is 0 Å². The normalized spacial score (nSPS) is 11.7. The van der Waals surface area contributed by atoms with E-state index >= 15 is 0 Å². The second-order valence-electron chi connectivity index (χ2n) is 15.1. The third-order valence-electron chi connectivity index (χ3n) is 11.6. The molecule has 12 rings (SSSR count). The summed E-state index contributed by atoms with van der Waals surface area (Å²) in [5.74, 6) is 0.621. The van der Waals surface area contributed by atoms with Crippen LogP contribution in [0.25, 0.3) is 97.3 Å². The molecule has 0 aliphatic heterocycles. The Bertz CT molecular complexity index is 3570. The average Bonchev–Trinajstić information content (AvgIpc) is 3.92. The highest BCUT2D eigenvalue weighted by Crippen LogP contribution is 2.48. The summed E-state index contributed by atoms with van der Waals surface area (Å²) in [5.41, 5.74) is 10.6. The molecule has 12 aromatic rings. The SMILES string of the molecule is c1ccc(-c2cccc(N(c3cccc(-c4cccc5c4sc4ccccc45)c3)c3cc4ccccc4c4c3ccc3ccc5nc(-c6ccccc6)oc5c34)c2)cc1. The molecule has 0 aliphatic rings. The number of rotatable bonds is 6. The molecule has 0 bridgehead atoms. The third kappa shape index (κ3) is 5.53. The summed E-state index contributed by atoms with van der Waals surface area (Å²) in [6, 6.07) is 74.1. The maximum Gasteiger partial charge on any atom is 0.227 e. The van der Waals surface area contributed by atoms with Gasteiger partial charge in [0.1, 0.15) is 5.52 Å². The molecule has 2 aromatic heterocycles. The predicted molar refractivity (Wildman–Crippen MR) is 250 cm³/mol. The largest absolute Gasteiger partial charge is 0.435 e. The second-order valence-corrected chi connectivity index (χ2v) is 16.1. The predicted octanol–water partition coefficient (Wildman–Crippen LogP) is 16.1. The fraction of sp³-hybridized carbons (Fsp3) is 0. The van der Waals surface area contributed by atoms with Gasteiger partial charge < -0.3 is 9.32 Å². The van der Waals surface area contributed by atoms with E-state index in [4.69, 9.17) is 9.40 Å². The summed E-state index contributed by atoms with van der Waals surface area (Å²) in [6.45, 7) is 0. The molecule has 276 valence electrons. The van der Waals surface area contributed by atoms with Crippen molar-refractivity contribution in [3.8, 4) is 33.7 Å². The number of anilines is 3. The molecule has 0 saturated carbocycles. The first-order chi connectivity index (χ1) is 29.2. The number of fused-ring (bicyclic) bond motifs is 10. The Morgan fingerprint density at radius 2 is 1.07 bits per heavy atom. The third-order valence-corrected chi connectivity index (χ3v) is 12.8. The molecule has 0 N–H and O–H groups in total. The lowest BCUT2D eigenvalue weighted by atomic mass is 9.93. The van der Waals surface area contributed by atoms with Gasteiger partial charge in [0.15, 0.2) is 5.58 Å². The van der Waals surface area contributed by atoms with Crippen LogP contribution in [0.15, 0.2) is 211 Å². The summed E-state index contributed by atoms with van der Waals surface area (Å²) in [5, 5.41) is 9.37. The number of hydrogen-bond acceptors (Lipinski definition) is 4. The minimum atomic E-state index is 0.621. The summed E-state index contributed by atoms with van der Waals surface area (Å²) in [4.78, 5) is 7.45. The van der Waals surface area contributed by atoms with Crippen molar-refractivity contribution in [1.82, 2.24) is 4.98 Å². The van der Waals surface area contributed by atoms with Crippen molar-refractivity contribution in [2.24, 2.45) is 0 Å². The molecular weight excluding hydrogens is 737 g/mol. The lowest BCUT2D eigenvalue weighted by Gasteiger charge is -2.29. The van der Waals surface area contributed by atoms with E-state index < -0.39 is 0 Å². The van der Waals surface area contributed by atoms with Crippen LogP contribution in [-0.4, -0.2) is 4.98 Å². The summed E-state index contributed by atoms with van der Waals surface area (Å²) < 4.78 is 9.36. The number of hydrogen-bond donors (Lipinski definition) is 0. The molecule has 0 unspecified atom stereocenters. The smallest absolute Gasteiger partial charge is 0.227 e. The van der Waals surface area contributed by atoms with Gasteiger partial charge in [0.2, 0.25) is 5.89 Å². The highest BCUT2D eigenvalue weighted by molar-refractivity contribution is 7.26. The zero-order chi connectivity index (χ0) is 38.9. The Morgan fingerprint density at radius 1 is 0.424 bits per heavy atom. The summed E-state index contributed by atoms with van der Waals surface area (Å²) in [7, 11) is 0. The van der Waals surface area contributed by atoms with Gasteiger partial charge in [-0.2, -0.15) is 0 Å². The van der Waals surface area contributed by atoms with Gasteiger partial charge in [-0.3, -0.25) is 0 Å². The standard InChI is InChI=1S/C55H34N2OS/c1-3-14-35(15-4-1)38-19-11-21-41(32-38)57(42-22-12-20-39(33-42)44-25-13-26-46-45-24-9-10-27-50(45)59-54(44)46)49-34-40-18-7-8-23-43(40)52-47(49)30-28-36-29-31-48-53(51(36)52)58-55(56-48)37-16-5-2-6-17-37/h1-34H. The molecule has 0 atom stereocenters. The van der Waals surface area contributed by atoms with Crippen molar-refractivity contribution in [2.75, 3.05) is 4.90 Å². The van der Waals surface area contributed by atoms with E-state index in [1.807, 2.05) is 29.5 Å². The summed E-state index contributed by atoms with van der Waals surface area (Å²) >= 11 is 1.87. The molecule has 10 aromatic carbocycles. The Balaban J connectivity index is 1.15. The van der Waals surface area contributed by atoms with E-state index in [1.54, 1.807) is 0 Å². The Morgan fingerprint density at radius 3 is 1.90 bits per heavy atom. The quantitative estimate of drug-likeness (QED) is 0.158. The van der Waals surface area contributed by atoms with E-state index in [0.29, 0.717) is 5.89 Å². The van der Waals surface area contributed by atoms with E-state index in [0.717, 1.165) is 66.2 Å². The van der Waals surface area contributed by atoms with Crippen LogP contribution >= 0.6 is 11.3 Å². The number of oxazole rings is 1. The molecule has 0 spiro atoms. The number of benzene rings is 10. The first-order valence-corrected chi connectivity index (χ1v) is 20.8. The van der Waals surface area contributed by atoms with Gasteiger partial charge in [-0.1, -0.05) is 152 Å². The van der Waals surface area contributed by atoms with Gasteiger partial charge in [-0.05, 0) is 93.0 Å². The van der Waals surface area contributed by atoms with Crippen molar-refractivity contribution in [2.45, 2.75) is 0 Å². The first kappa shape index (κ1) is 33.6. The topological polar surface area (TPSA) is 29.3 Å². The fourth-order valence-electron chi connectivity index (χ4n) is 8.92. The molecular formula is C55H34N2OS. The number of nitrogens with zero attached hydrogens (tertiary/aromatic N) is 2. The number of aromatic nitrogens is 1. The average molecular weight is 771 g/mol. The Kier molecular flexibility index (Phi) is 7.72. The van der Waals surface area contributed by atoms with Crippen LogP contribution in [0, 0.1) is 0 Å². The van der Waals surface area contributed by atoms with Crippen LogP contribution in [0.4, 0.5) is 17.1 Å².